The van der Waals surface area contributed by atoms with Gasteiger partial charge in [0, 0.05) is 26.1 Å². The quantitative estimate of drug-likeness (QED) is 0.778. The van der Waals surface area contributed by atoms with E-state index in [1.165, 1.54) is 11.1 Å². The Morgan fingerprint density at radius 2 is 2.28 bits per heavy atom. The summed E-state index contributed by atoms with van der Waals surface area (Å²) in [5.41, 5.74) is 2.68. The standard InChI is InChI=1S/C15H24N2O/c1-4-16-7-8-17(3)11-14-10-13-9-12(2)5-6-15(13)18-14/h5-6,9,14,16H,4,7-8,10-11H2,1-3H3. The molecule has 1 aromatic carbocycles. The molecule has 0 bridgehead atoms. The summed E-state index contributed by atoms with van der Waals surface area (Å²) < 4.78 is 5.98. The first-order chi connectivity index (χ1) is 8.69. The summed E-state index contributed by atoms with van der Waals surface area (Å²) >= 11 is 0. The van der Waals surface area contributed by atoms with Gasteiger partial charge in [-0.3, -0.25) is 0 Å². The number of nitrogens with one attached hydrogen (secondary N) is 1. The van der Waals surface area contributed by atoms with Gasteiger partial charge in [0.1, 0.15) is 11.9 Å². The van der Waals surface area contributed by atoms with Crippen LogP contribution >= 0.6 is 0 Å². The van der Waals surface area contributed by atoms with Crippen LogP contribution in [0.25, 0.3) is 0 Å². The zero-order chi connectivity index (χ0) is 13.0. The van der Waals surface area contributed by atoms with E-state index in [-0.39, 0.29) is 0 Å². The van der Waals surface area contributed by atoms with Gasteiger partial charge in [-0.2, -0.15) is 0 Å². The molecule has 1 atom stereocenters. The maximum atomic E-state index is 5.98. The van der Waals surface area contributed by atoms with Crippen molar-refractivity contribution in [1.29, 1.82) is 0 Å². The number of aryl methyl sites for hydroxylation is 1. The number of benzene rings is 1. The zero-order valence-electron chi connectivity index (χ0n) is 11.7. The minimum atomic E-state index is 0.313. The highest BCUT2D eigenvalue weighted by Crippen LogP contribution is 2.29. The van der Waals surface area contributed by atoms with E-state index in [0.717, 1.165) is 38.3 Å². The average Bonchev–Trinajstić information content (AvgIpc) is 2.70. The van der Waals surface area contributed by atoms with E-state index in [1.54, 1.807) is 0 Å². The summed E-state index contributed by atoms with van der Waals surface area (Å²) in [4.78, 5) is 2.34. The Bertz CT molecular complexity index is 392. The second kappa shape index (κ2) is 6.21. The summed E-state index contributed by atoms with van der Waals surface area (Å²) in [5, 5.41) is 3.35. The lowest BCUT2D eigenvalue weighted by molar-refractivity contribution is 0.169. The van der Waals surface area contributed by atoms with Crippen molar-refractivity contribution in [3.8, 4) is 5.75 Å². The number of fused-ring (bicyclic) bond motifs is 1. The molecule has 18 heavy (non-hydrogen) atoms. The molecule has 0 amide bonds. The molecular weight excluding hydrogens is 224 g/mol. The Hall–Kier alpha value is -1.06. The van der Waals surface area contributed by atoms with Gasteiger partial charge < -0.3 is 15.0 Å². The van der Waals surface area contributed by atoms with Crippen LogP contribution in [0.2, 0.25) is 0 Å². The van der Waals surface area contributed by atoms with Crippen molar-refractivity contribution in [2.45, 2.75) is 26.4 Å². The van der Waals surface area contributed by atoms with Crippen LogP contribution in [0.5, 0.6) is 5.75 Å². The van der Waals surface area contributed by atoms with E-state index in [9.17, 15) is 0 Å². The molecule has 0 aliphatic carbocycles. The van der Waals surface area contributed by atoms with Gasteiger partial charge in [0.15, 0.2) is 0 Å². The smallest absolute Gasteiger partial charge is 0.123 e. The number of hydrogen-bond donors (Lipinski definition) is 1. The molecular formula is C15H24N2O. The Kier molecular flexibility index (Phi) is 4.61. The fourth-order valence-corrected chi connectivity index (χ4v) is 2.44. The maximum Gasteiger partial charge on any atom is 0.123 e. The van der Waals surface area contributed by atoms with Gasteiger partial charge >= 0.3 is 0 Å². The van der Waals surface area contributed by atoms with Crippen LogP contribution in [0.15, 0.2) is 18.2 Å². The minimum Gasteiger partial charge on any atom is -0.488 e. The lowest BCUT2D eigenvalue weighted by atomic mass is 10.1. The zero-order valence-corrected chi connectivity index (χ0v) is 11.7. The van der Waals surface area contributed by atoms with E-state index in [4.69, 9.17) is 4.74 Å². The van der Waals surface area contributed by atoms with E-state index in [2.05, 4.69) is 49.3 Å². The fraction of sp³-hybridized carbons (Fsp3) is 0.600. The van der Waals surface area contributed by atoms with Gasteiger partial charge in [-0.1, -0.05) is 24.6 Å². The topological polar surface area (TPSA) is 24.5 Å². The molecule has 1 aromatic rings. The molecule has 0 saturated heterocycles. The Balaban J connectivity index is 1.80. The predicted octanol–water partition coefficient (Wildman–Crippen LogP) is 1.84. The van der Waals surface area contributed by atoms with E-state index >= 15 is 0 Å². The molecule has 1 aliphatic heterocycles. The molecule has 100 valence electrons. The van der Waals surface area contributed by atoms with Crippen LogP contribution in [0.3, 0.4) is 0 Å². The van der Waals surface area contributed by atoms with Crippen molar-refractivity contribution in [3.05, 3.63) is 29.3 Å². The number of ether oxygens (including phenoxy) is 1. The van der Waals surface area contributed by atoms with Crippen molar-refractivity contribution >= 4 is 0 Å². The molecule has 2 rings (SSSR count). The largest absolute Gasteiger partial charge is 0.488 e. The monoisotopic (exact) mass is 248 g/mol. The third-order valence-corrected chi connectivity index (χ3v) is 3.39. The van der Waals surface area contributed by atoms with Crippen molar-refractivity contribution in [1.82, 2.24) is 10.2 Å². The van der Waals surface area contributed by atoms with Crippen LogP contribution < -0.4 is 10.1 Å². The van der Waals surface area contributed by atoms with E-state index < -0.39 is 0 Å². The second-order valence-corrected chi connectivity index (χ2v) is 5.17. The molecule has 1 unspecified atom stereocenters. The highest BCUT2D eigenvalue weighted by atomic mass is 16.5. The molecule has 0 spiro atoms. The van der Waals surface area contributed by atoms with Gasteiger partial charge in [-0.15, -0.1) is 0 Å². The van der Waals surface area contributed by atoms with Gasteiger partial charge in [0.05, 0.1) is 0 Å². The molecule has 3 heteroatoms. The van der Waals surface area contributed by atoms with Crippen molar-refractivity contribution in [3.63, 3.8) is 0 Å². The number of rotatable bonds is 6. The molecule has 0 radical (unpaired) electrons. The van der Waals surface area contributed by atoms with Gasteiger partial charge in [0.25, 0.3) is 0 Å². The van der Waals surface area contributed by atoms with Crippen LogP contribution in [0, 0.1) is 6.92 Å². The summed E-state index contributed by atoms with van der Waals surface area (Å²) in [6.45, 7) is 8.43. The number of nitrogens with zero attached hydrogens (tertiary/aromatic N) is 1. The molecule has 1 heterocycles. The molecule has 0 saturated carbocycles. The molecule has 0 aromatic heterocycles. The molecule has 3 nitrogen and oxygen atoms in total. The van der Waals surface area contributed by atoms with Gasteiger partial charge in [0.2, 0.25) is 0 Å². The fourth-order valence-electron chi connectivity index (χ4n) is 2.44. The SMILES string of the molecule is CCNCCN(C)CC1Cc2cc(C)ccc2O1. The summed E-state index contributed by atoms with van der Waals surface area (Å²) in [6.07, 6.45) is 1.36. The lowest BCUT2D eigenvalue weighted by Gasteiger charge is -2.20. The molecule has 0 fully saturated rings. The Morgan fingerprint density at radius 1 is 1.44 bits per heavy atom. The van der Waals surface area contributed by atoms with Gasteiger partial charge in [-0.25, -0.2) is 0 Å². The second-order valence-electron chi connectivity index (χ2n) is 5.17. The third kappa shape index (κ3) is 3.47. The summed E-state index contributed by atoms with van der Waals surface area (Å²) in [6, 6.07) is 6.47. The molecule has 1 aliphatic rings. The Morgan fingerprint density at radius 3 is 3.06 bits per heavy atom. The van der Waals surface area contributed by atoms with E-state index in [0.29, 0.717) is 6.10 Å². The maximum absolute atomic E-state index is 5.98. The number of likely N-dealkylation sites (N-methyl/N-ethyl adjacent to an activating group) is 2. The van der Waals surface area contributed by atoms with Crippen LogP contribution in [-0.4, -0.2) is 44.2 Å². The highest BCUT2D eigenvalue weighted by molar-refractivity contribution is 5.40. The van der Waals surface area contributed by atoms with Gasteiger partial charge in [-0.05, 0) is 32.1 Å². The predicted molar refractivity (Wildman–Crippen MR) is 75.3 cm³/mol. The van der Waals surface area contributed by atoms with Crippen molar-refractivity contribution in [2.75, 3.05) is 33.2 Å². The molecule has 1 N–H and O–H groups in total. The van der Waals surface area contributed by atoms with E-state index in [1.807, 2.05) is 0 Å². The lowest BCUT2D eigenvalue weighted by Crippen LogP contribution is -2.36. The first-order valence-corrected chi connectivity index (χ1v) is 6.84. The first kappa shape index (κ1) is 13.4. The normalized spacial score (nSPS) is 17.9. The summed E-state index contributed by atoms with van der Waals surface area (Å²) in [5.74, 6) is 1.07. The van der Waals surface area contributed by atoms with Crippen LogP contribution in [-0.2, 0) is 6.42 Å². The Labute approximate surface area is 110 Å². The van der Waals surface area contributed by atoms with Crippen LogP contribution in [0.1, 0.15) is 18.1 Å². The van der Waals surface area contributed by atoms with Crippen LogP contribution in [0.4, 0.5) is 0 Å². The summed E-state index contributed by atoms with van der Waals surface area (Å²) in [7, 11) is 2.16. The number of hydrogen-bond acceptors (Lipinski definition) is 3. The first-order valence-electron chi connectivity index (χ1n) is 6.84. The minimum absolute atomic E-state index is 0.313. The van der Waals surface area contributed by atoms with Crippen molar-refractivity contribution < 1.29 is 4.74 Å². The third-order valence-electron chi connectivity index (χ3n) is 3.39. The van der Waals surface area contributed by atoms with Crippen molar-refractivity contribution in [2.24, 2.45) is 0 Å². The average molecular weight is 248 g/mol. The highest BCUT2D eigenvalue weighted by Gasteiger charge is 2.23.